The minimum absolute atomic E-state index is 0.131. The van der Waals surface area contributed by atoms with Gasteiger partial charge in [0.05, 0.1) is 6.10 Å². The number of hydrogen-bond donors (Lipinski definition) is 1. The molecule has 0 amide bonds. The van der Waals surface area contributed by atoms with Crippen LogP contribution in [0.1, 0.15) is 6.92 Å². The Bertz CT molecular complexity index is 136. The van der Waals surface area contributed by atoms with E-state index in [0.717, 1.165) is 0 Å². The van der Waals surface area contributed by atoms with Gasteiger partial charge in [-0.15, -0.1) is 0 Å². The fraction of sp³-hybridized carbons (Fsp3) is 1.00. The van der Waals surface area contributed by atoms with Crippen LogP contribution in [-0.2, 0) is 4.74 Å². The van der Waals surface area contributed by atoms with E-state index in [1.807, 2.05) is 0 Å². The van der Waals surface area contributed by atoms with Crippen molar-refractivity contribution in [3.63, 3.8) is 0 Å². The maximum Gasteiger partial charge on any atom is 0.415 e. The largest absolute Gasteiger partial charge is 0.415 e. The number of halogens is 3. The number of nitrogens with one attached hydrogen (secondary N) is 1. The second-order valence-electron chi connectivity index (χ2n) is 2.64. The smallest absolute Gasteiger partial charge is 0.363 e. The number of rotatable bonds is 0. The molecule has 2 nitrogen and oxygen atoms in total. The van der Waals surface area contributed by atoms with Crippen LogP contribution in [0.25, 0.3) is 0 Å². The highest BCUT2D eigenvalue weighted by molar-refractivity contribution is 4.77. The summed E-state index contributed by atoms with van der Waals surface area (Å²) in [5, 5.41) is 2.65. The van der Waals surface area contributed by atoms with Gasteiger partial charge in [0.25, 0.3) is 0 Å². The van der Waals surface area contributed by atoms with Crippen molar-refractivity contribution >= 4 is 0 Å². The van der Waals surface area contributed by atoms with Crippen LogP contribution < -0.4 is 5.32 Å². The first kappa shape index (κ1) is 8.80. The summed E-state index contributed by atoms with van der Waals surface area (Å²) in [4.78, 5) is 0. The Kier molecular flexibility index (Phi) is 2.39. The van der Waals surface area contributed by atoms with E-state index in [-0.39, 0.29) is 12.6 Å². The molecule has 1 aliphatic heterocycles. The molecule has 1 rings (SSSR count). The predicted octanol–water partition coefficient (Wildman–Crippen LogP) is 0.926. The zero-order valence-electron chi connectivity index (χ0n) is 6.11. The molecule has 0 aromatic heterocycles. The van der Waals surface area contributed by atoms with E-state index in [4.69, 9.17) is 0 Å². The van der Waals surface area contributed by atoms with Crippen molar-refractivity contribution in [2.45, 2.75) is 25.3 Å². The van der Waals surface area contributed by atoms with Crippen molar-refractivity contribution in [1.82, 2.24) is 5.32 Å². The standard InChI is InChI=1S/C6H10F3NO/c1-4-2-10-3-5(11-4)6(7,8)9/h4-5,10H,2-3H2,1H3/t4-,5-/m0/s1. The monoisotopic (exact) mass is 169 g/mol. The lowest BCUT2D eigenvalue weighted by Crippen LogP contribution is -2.50. The molecule has 1 fully saturated rings. The van der Waals surface area contributed by atoms with Crippen molar-refractivity contribution in [3.8, 4) is 0 Å². The minimum Gasteiger partial charge on any atom is -0.363 e. The Morgan fingerprint density at radius 3 is 2.36 bits per heavy atom. The third-order valence-corrected chi connectivity index (χ3v) is 1.52. The fourth-order valence-corrected chi connectivity index (χ4v) is 0.987. The summed E-state index contributed by atoms with van der Waals surface area (Å²) >= 11 is 0. The average Bonchev–Trinajstić information content (AvgIpc) is 1.86. The summed E-state index contributed by atoms with van der Waals surface area (Å²) in [7, 11) is 0. The molecular formula is C6H10F3NO. The highest BCUT2D eigenvalue weighted by Gasteiger charge is 2.42. The van der Waals surface area contributed by atoms with Gasteiger partial charge in [0.1, 0.15) is 0 Å². The van der Waals surface area contributed by atoms with Crippen LogP contribution in [0.3, 0.4) is 0 Å². The zero-order valence-corrected chi connectivity index (χ0v) is 6.11. The molecule has 1 heterocycles. The van der Waals surface area contributed by atoms with Gasteiger partial charge in [0.15, 0.2) is 6.10 Å². The highest BCUT2D eigenvalue weighted by Crippen LogP contribution is 2.24. The van der Waals surface area contributed by atoms with Gasteiger partial charge in [0.2, 0.25) is 0 Å². The van der Waals surface area contributed by atoms with Crippen LogP contribution in [0.4, 0.5) is 13.2 Å². The van der Waals surface area contributed by atoms with Crippen LogP contribution in [0, 0.1) is 0 Å². The van der Waals surface area contributed by atoms with Gasteiger partial charge in [-0.25, -0.2) is 0 Å². The van der Waals surface area contributed by atoms with E-state index >= 15 is 0 Å². The van der Waals surface area contributed by atoms with Gasteiger partial charge < -0.3 is 10.1 Å². The highest BCUT2D eigenvalue weighted by atomic mass is 19.4. The number of hydrogen-bond acceptors (Lipinski definition) is 2. The molecule has 1 saturated heterocycles. The minimum atomic E-state index is -4.23. The molecule has 0 aromatic rings. The molecule has 0 aromatic carbocycles. The molecule has 0 radical (unpaired) electrons. The van der Waals surface area contributed by atoms with E-state index in [0.29, 0.717) is 6.54 Å². The lowest BCUT2D eigenvalue weighted by Gasteiger charge is -2.29. The number of morpholine rings is 1. The first-order valence-corrected chi connectivity index (χ1v) is 3.43. The lowest BCUT2D eigenvalue weighted by atomic mass is 10.2. The second kappa shape index (κ2) is 2.98. The maximum absolute atomic E-state index is 11.9. The van der Waals surface area contributed by atoms with Crippen molar-refractivity contribution < 1.29 is 17.9 Å². The summed E-state index contributed by atoms with van der Waals surface area (Å²) in [6.07, 6.45) is -6.22. The van der Waals surface area contributed by atoms with Gasteiger partial charge in [-0.3, -0.25) is 0 Å². The van der Waals surface area contributed by atoms with Crippen molar-refractivity contribution in [3.05, 3.63) is 0 Å². The van der Waals surface area contributed by atoms with Gasteiger partial charge in [-0.2, -0.15) is 13.2 Å². The van der Waals surface area contributed by atoms with Crippen LogP contribution in [0.15, 0.2) is 0 Å². The molecule has 66 valence electrons. The molecule has 1 N–H and O–H groups in total. The zero-order chi connectivity index (χ0) is 8.48. The number of alkyl halides is 3. The SMILES string of the molecule is C[C@H]1CNC[C@@H](C(F)(F)F)O1. The van der Waals surface area contributed by atoms with Crippen LogP contribution in [-0.4, -0.2) is 31.5 Å². The first-order valence-electron chi connectivity index (χ1n) is 3.43. The Morgan fingerprint density at radius 1 is 1.36 bits per heavy atom. The first-order chi connectivity index (χ1) is 5.00. The lowest BCUT2D eigenvalue weighted by molar-refractivity contribution is -0.237. The Labute approximate surface area is 62.7 Å². The second-order valence-corrected chi connectivity index (χ2v) is 2.64. The normalized spacial score (nSPS) is 33.8. The third-order valence-electron chi connectivity index (χ3n) is 1.52. The van der Waals surface area contributed by atoms with E-state index < -0.39 is 12.3 Å². The molecule has 0 unspecified atom stereocenters. The average molecular weight is 169 g/mol. The molecule has 5 heteroatoms. The van der Waals surface area contributed by atoms with Gasteiger partial charge in [-0.1, -0.05) is 0 Å². The summed E-state index contributed by atoms with van der Waals surface area (Å²) in [6.45, 7) is 1.98. The topological polar surface area (TPSA) is 21.3 Å². The third kappa shape index (κ3) is 2.34. The van der Waals surface area contributed by atoms with E-state index in [9.17, 15) is 13.2 Å². The molecule has 0 saturated carbocycles. The van der Waals surface area contributed by atoms with Gasteiger partial charge >= 0.3 is 6.18 Å². The van der Waals surface area contributed by atoms with E-state index in [1.165, 1.54) is 0 Å². The molecular weight excluding hydrogens is 159 g/mol. The summed E-state index contributed by atoms with van der Waals surface area (Å²) < 4.78 is 40.5. The summed E-state index contributed by atoms with van der Waals surface area (Å²) in [5.41, 5.74) is 0. The van der Waals surface area contributed by atoms with Crippen molar-refractivity contribution in [2.75, 3.05) is 13.1 Å². The quantitative estimate of drug-likeness (QED) is 0.582. The summed E-state index contributed by atoms with van der Waals surface area (Å²) in [6, 6.07) is 0. The fourth-order valence-electron chi connectivity index (χ4n) is 0.987. The van der Waals surface area contributed by atoms with Crippen LogP contribution in [0.5, 0.6) is 0 Å². The van der Waals surface area contributed by atoms with Gasteiger partial charge in [-0.05, 0) is 6.92 Å². The Morgan fingerprint density at radius 2 is 2.00 bits per heavy atom. The molecule has 0 bridgehead atoms. The number of ether oxygens (including phenoxy) is 1. The van der Waals surface area contributed by atoms with E-state index in [1.54, 1.807) is 6.92 Å². The van der Waals surface area contributed by atoms with E-state index in [2.05, 4.69) is 10.1 Å². The van der Waals surface area contributed by atoms with Gasteiger partial charge in [0, 0.05) is 13.1 Å². The molecule has 0 spiro atoms. The molecule has 11 heavy (non-hydrogen) atoms. The van der Waals surface area contributed by atoms with Crippen LogP contribution >= 0.6 is 0 Å². The van der Waals surface area contributed by atoms with Crippen LogP contribution in [0.2, 0.25) is 0 Å². The Hall–Kier alpha value is -0.290. The maximum atomic E-state index is 11.9. The summed E-state index contributed by atoms with van der Waals surface area (Å²) in [5.74, 6) is 0. The van der Waals surface area contributed by atoms with Crippen molar-refractivity contribution in [2.24, 2.45) is 0 Å². The molecule has 2 atom stereocenters. The van der Waals surface area contributed by atoms with Crippen molar-refractivity contribution in [1.29, 1.82) is 0 Å². The molecule has 0 aliphatic carbocycles. The predicted molar refractivity (Wildman–Crippen MR) is 33.3 cm³/mol. The Balaban J connectivity index is 2.46. The molecule has 1 aliphatic rings.